The van der Waals surface area contributed by atoms with Crippen molar-refractivity contribution in [2.75, 3.05) is 0 Å². The molecule has 7 heteroatoms. The Hall–Kier alpha value is -0.860. The number of rotatable bonds is 4. The van der Waals surface area contributed by atoms with Crippen molar-refractivity contribution in [3.05, 3.63) is 26.8 Å². The molecular formula is C10H7F4IO2. The molecule has 0 aliphatic rings. The van der Waals surface area contributed by atoms with Crippen LogP contribution in [0.2, 0.25) is 0 Å². The average molecular weight is 362 g/mol. The van der Waals surface area contributed by atoms with Crippen molar-refractivity contribution in [2.45, 2.75) is 20.0 Å². The summed E-state index contributed by atoms with van der Waals surface area (Å²) in [4.78, 5) is 11.2. The lowest BCUT2D eigenvalue weighted by molar-refractivity contribution is -0.0503. The highest BCUT2D eigenvalue weighted by molar-refractivity contribution is 14.1. The molecule has 0 aliphatic carbocycles. The lowest BCUT2D eigenvalue weighted by atomic mass is 10.1. The number of carbonyl (C=O) groups excluding carboxylic acids is 1. The minimum absolute atomic E-state index is 0.115. The topological polar surface area (TPSA) is 26.3 Å². The number of hydrogen-bond acceptors (Lipinski definition) is 2. The van der Waals surface area contributed by atoms with Crippen LogP contribution < -0.4 is 4.74 Å². The summed E-state index contributed by atoms with van der Waals surface area (Å²) < 4.78 is 53.4. The molecule has 1 aromatic rings. The molecule has 17 heavy (non-hydrogen) atoms. The Morgan fingerprint density at radius 3 is 2.29 bits per heavy atom. The van der Waals surface area contributed by atoms with Gasteiger partial charge in [-0.1, -0.05) is 0 Å². The highest BCUT2D eigenvalue weighted by atomic mass is 127. The van der Waals surface area contributed by atoms with Crippen molar-refractivity contribution in [1.29, 1.82) is 0 Å². The zero-order valence-corrected chi connectivity index (χ0v) is 10.7. The molecule has 0 aromatic heterocycles. The molecule has 0 unspecified atom stereocenters. The van der Waals surface area contributed by atoms with Crippen LogP contribution >= 0.6 is 22.6 Å². The fraction of sp³-hybridized carbons (Fsp3) is 0.300. The van der Waals surface area contributed by atoms with Gasteiger partial charge in [0.1, 0.15) is 5.75 Å². The summed E-state index contributed by atoms with van der Waals surface area (Å²) in [6.07, 6.45) is -2.82. The van der Waals surface area contributed by atoms with Crippen LogP contribution in [0.5, 0.6) is 5.75 Å². The van der Waals surface area contributed by atoms with Crippen LogP contribution in [0, 0.1) is 3.57 Å². The monoisotopic (exact) mass is 362 g/mol. The molecule has 1 rings (SSSR count). The molecule has 0 saturated carbocycles. The van der Waals surface area contributed by atoms with Gasteiger partial charge in [-0.25, -0.2) is 8.78 Å². The maximum absolute atomic E-state index is 12.5. The molecular weight excluding hydrogens is 355 g/mol. The van der Waals surface area contributed by atoms with Crippen LogP contribution in [0.25, 0.3) is 0 Å². The summed E-state index contributed by atoms with van der Waals surface area (Å²) >= 11 is 1.63. The van der Waals surface area contributed by atoms with E-state index in [0.29, 0.717) is 0 Å². The highest BCUT2D eigenvalue weighted by Crippen LogP contribution is 2.32. The Morgan fingerprint density at radius 1 is 1.29 bits per heavy atom. The number of ketones is 1. The van der Waals surface area contributed by atoms with Crippen LogP contribution in [0.3, 0.4) is 0 Å². The summed E-state index contributed by atoms with van der Waals surface area (Å²) in [6.45, 7) is -2.02. The molecule has 94 valence electrons. The molecule has 0 radical (unpaired) electrons. The van der Waals surface area contributed by atoms with E-state index >= 15 is 0 Å². The fourth-order valence-electron chi connectivity index (χ4n) is 1.26. The molecule has 0 bridgehead atoms. The van der Waals surface area contributed by atoms with Crippen LogP contribution in [-0.2, 0) is 0 Å². The van der Waals surface area contributed by atoms with E-state index in [9.17, 15) is 22.4 Å². The number of hydrogen-bond donors (Lipinski definition) is 0. The van der Waals surface area contributed by atoms with E-state index in [1.54, 1.807) is 22.6 Å². The molecule has 0 amide bonds. The van der Waals surface area contributed by atoms with Crippen LogP contribution in [0.15, 0.2) is 12.1 Å². The van der Waals surface area contributed by atoms with E-state index in [1.165, 1.54) is 0 Å². The predicted octanol–water partition coefficient (Wildman–Crippen LogP) is 4.03. The van der Waals surface area contributed by atoms with E-state index < -0.39 is 30.1 Å². The predicted molar refractivity (Wildman–Crippen MR) is 60.8 cm³/mol. The third-order valence-electron chi connectivity index (χ3n) is 1.90. The first-order valence-electron chi connectivity index (χ1n) is 4.40. The van der Waals surface area contributed by atoms with Gasteiger partial charge in [0.25, 0.3) is 6.43 Å². The van der Waals surface area contributed by atoms with Crippen LogP contribution in [-0.4, -0.2) is 12.4 Å². The Labute approximate surface area is 108 Å². The fourth-order valence-corrected chi connectivity index (χ4v) is 2.26. The third-order valence-corrected chi connectivity index (χ3v) is 2.75. The second-order valence-corrected chi connectivity index (χ2v) is 4.27. The van der Waals surface area contributed by atoms with Crippen molar-refractivity contribution in [2.24, 2.45) is 0 Å². The SMILES string of the molecule is CC(=O)c1c(I)cc(C(F)F)cc1OC(F)F. The van der Waals surface area contributed by atoms with Crippen molar-refractivity contribution < 1.29 is 27.1 Å². The smallest absolute Gasteiger partial charge is 0.387 e. The lowest BCUT2D eigenvalue weighted by Crippen LogP contribution is -2.09. The van der Waals surface area contributed by atoms with Gasteiger partial charge in [0.05, 0.1) is 5.56 Å². The second-order valence-electron chi connectivity index (χ2n) is 3.11. The zero-order valence-electron chi connectivity index (χ0n) is 8.52. The second kappa shape index (κ2) is 5.65. The minimum atomic E-state index is -3.17. The van der Waals surface area contributed by atoms with E-state index in [4.69, 9.17) is 0 Å². The maximum Gasteiger partial charge on any atom is 0.387 e. The average Bonchev–Trinajstić information content (AvgIpc) is 2.14. The number of carbonyl (C=O) groups is 1. The van der Waals surface area contributed by atoms with Crippen LogP contribution in [0.4, 0.5) is 17.6 Å². The summed E-state index contributed by atoms with van der Waals surface area (Å²) in [7, 11) is 0. The van der Waals surface area contributed by atoms with Crippen LogP contribution in [0.1, 0.15) is 29.3 Å². The van der Waals surface area contributed by atoms with Gasteiger partial charge < -0.3 is 4.74 Å². The summed E-state index contributed by atoms with van der Waals surface area (Å²) in [5.74, 6) is -1.04. The molecule has 0 atom stereocenters. The number of Topliss-reactive ketones (excluding diaryl/α,β-unsaturated/α-hetero) is 1. The molecule has 0 fully saturated rings. The van der Waals surface area contributed by atoms with Gasteiger partial charge in [0.15, 0.2) is 5.78 Å². The van der Waals surface area contributed by atoms with Gasteiger partial charge in [-0.15, -0.1) is 0 Å². The molecule has 0 spiro atoms. The van der Waals surface area contributed by atoms with E-state index in [0.717, 1.165) is 19.1 Å². The molecule has 0 saturated heterocycles. The normalized spacial score (nSPS) is 11.1. The maximum atomic E-state index is 12.5. The third kappa shape index (κ3) is 3.55. The van der Waals surface area contributed by atoms with E-state index in [-0.39, 0.29) is 9.13 Å². The Kier molecular flexibility index (Phi) is 4.72. The Morgan fingerprint density at radius 2 is 1.88 bits per heavy atom. The van der Waals surface area contributed by atoms with E-state index in [1.807, 2.05) is 0 Å². The summed E-state index contributed by atoms with van der Waals surface area (Å²) in [5, 5.41) is 0. The van der Waals surface area contributed by atoms with Gasteiger partial charge in [-0.05, 0) is 41.6 Å². The molecule has 1 aromatic carbocycles. The van der Waals surface area contributed by atoms with Gasteiger partial charge in [0, 0.05) is 9.13 Å². The minimum Gasteiger partial charge on any atom is -0.434 e. The van der Waals surface area contributed by atoms with Crippen molar-refractivity contribution >= 4 is 28.4 Å². The lowest BCUT2D eigenvalue weighted by Gasteiger charge is -2.12. The van der Waals surface area contributed by atoms with Gasteiger partial charge >= 0.3 is 6.61 Å². The van der Waals surface area contributed by atoms with E-state index in [2.05, 4.69) is 4.74 Å². The first-order chi connectivity index (χ1) is 7.82. The number of benzene rings is 1. The molecule has 0 heterocycles. The quantitative estimate of drug-likeness (QED) is 0.459. The van der Waals surface area contributed by atoms with Gasteiger partial charge in [0.2, 0.25) is 0 Å². The zero-order chi connectivity index (χ0) is 13.2. The first kappa shape index (κ1) is 14.2. The number of halogens is 5. The largest absolute Gasteiger partial charge is 0.434 e. The number of alkyl halides is 4. The first-order valence-corrected chi connectivity index (χ1v) is 5.48. The Balaban J connectivity index is 3.34. The van der Waals surface area contributed by atoms with Gasteiger partial charge in [-0.3, -0.25) is 4.79 Å². The molecule has 0 N–H and O–H groups in total. The number of ether oxygens (including phenoxy) is 1. The summed E-state index contributed by atoms with van der Waals surface area (Å²) in [6, 6.07) is 1.83. The van der Waals surface area contributed by atoms with Crippen molar-refractivity contribution in [3.8, 4) is 5.75 Å². The van der Waals surface area contributed by atoms with Crippen molar-refractivity contribution in [1.82, 2.24) is 0 Å². The van der Waals surface area contributed by atoms with Crippen molar-refractivity contribution in [3.63, 3.8) is 0 Å². The Bertz CT molecular complexity index is 435. The molecule has 2 nitrogen and oxygen atoms in total. The standard InChI is InChI=1S/C10H7F4IO2/c1-4(16)8-6(15)2-5(9(11)12)3-7(8)17-10(13)14/h2-3,9-10H,1H3. The highest BCUT2D eigenvalue weighted by Gasteiger charge is 2.20. The summed E-state index contributed by atoms with van der Waals surface area (Å²) in [5.41, 5.74) is -0.578. The molecule has 0 aliphatic heterocycles. The van der Waals surface area contributed by atoms with Gasteiger partial charge in [-0.2, -0.15) is 8.78 Å².